The summed E-state index contributed by atoms with van der Waals surface area (Å²) in [6, 6.07) is 13.3. The van der Waals surface area contributed by atoms with Crippen LogP contribution in [0.4, 0.5) is 5.69 Å². The second kappa shape index (κ2) is 5.30. The van der Waals surface area contributed by atoms with Crippen LogP contribution in [0.5, 0.6) is 0 Å². The minimum absolute atomic E-state index is 0.363. The zero-order valence-electron chi connectivity index (χ0n) is 9.39. The standard InChI is InChI=1S/C14H10INO2/c15-11-8-10(6-7-12(11)16)14(18)13(17)9-4-2-1-3-5-9/h1-8H,16H2. The highest BCUT2D eigenvalue weighted by atomic mass is 127. The van der Waals surface area contributed by atoms with Crippen molar-refractivity contribution in [2.24, 2.45) is 0 Å². The van der Waals surface area contributed by atoms with Gasteiger partial charge in [0, 0.05) is 20.4 Å². The number of hydrogen-bond donors (Lipinski definition) is 1. The van der Waals surface area contributed by atoms with Gasteiger partial charge in [0.2, 0.25) is 11.6 Å². The van der Waals surface area contributed by atoms with Crippen molar-refractivity contribution in [3.05, 3.63) is 63.2 Å². The number of Topliss-reactive ketones (excluding diaryl/α,β-unsaturated/α-hetero) is 2. The largest absolute Gasteiger partial charge is 0.398 e. The van der Waals surface area contributed by atoms with Crippen LogP contribution in [0.25, 0.3) is 0 Å². The van der Waals surface area contributed by atoms with Crippen molar-refractivity contribution in [2.75, 3.05) is 5.73 Å². The van der Waals surface area contributed by atoms with Crippen LogP contribution in [0.3, 0.4) is 0 Å². The van der Waals surface area contributed by atoms with Crippen LogP contribution >= 0.6 is 22.6 Å². The minimum Gasteiger partial charge on any atom is -0.398 e. The van der Waals surface area contributed by atoms with Gasteiger partial charge < -0.3 is 5.73 Å². The van der Waals surface area contributed by atoms with Crippen LogP contribution in [0.1, 0.15) is 20.7 Å². The molecule has 0 aromatic heterocycles. The van der Waals surface area contributed by atoms with Gasteiger partial charge in [-0.1, -0.05) is 30.3 Å². The smallest absolute Gasteiger partial charge is 0.233 e. The normalized spacial score (nSPS) is 10.1. The first-order chi connectivity index (χ1) is 8.59. The van der Waals surface area contributed by atoms with E-state index >= 15 is 0 Å². The summed E-state index contributed by atoms with van der Waals surface area (Å²) < 4.78 is 0.763. The highest BCUT2D eigenvalue weighted by molar-refractivity contribution is 14.1. The van der Waals surface area contributed by atoms with E-state index in [9.17, 15) is 9.59 Å². The molecule has 0 radical (unpaired) electrons. The minimum atomic E-state index is -0.515. The van der Waals surface area contributed by atoms with E-state index in [1.54, 1.807) is 48.5 Å². The first-order valence-corrected chi connectivity index (χ1v) is 6.36. The van der Waals surface area contributed by atoms with Gasteiger partial charge in [0.25, 0.3) is 0 Å². The molecule has 0 aliphatic rings. The summed E-state index contributed by atoms with van der Waals surface area (Å²) in [4.78, 5) is 24.0. The summed E-state index contributed by atoms with van der Waals surface area (Å²) in [5.74, 6) is -1.02. The molecule has 0 aliphatic heterocycles. The Labute approximate surface area is 118 Å². The molecule has 18 heavy (non-hydrogen) atoms. The van der Waals surface area contributed by atoms with Gasteiger partial charge in [-0.2, -0.15) is 0 Å². The molecule has 0 saturated carbocycles. The van der Waals surface area contributed by atoms with Gasteiger partial charge in [0.05, 0.1) is 0 Å². The molecule has 2 rings (SSSR count). The topological polar surface area (TPSA) is 60.2 Å². The van der Waals surface area contributed by atoms with E-state index in [2.05, 4.69) is 0 Å². The number of anilines is 1. The Balaban J connectivity index is 2.32. The lowest BCUT2D eigenvalue weighted by Crippen LogP contribution is -2.14. The quantitative estimate of drug-likeness (QED) is 0.400. The maximum absolute atomic E-state index is 12.0. The third kappa shape index (κ3) is 2.59. The maximum Gasteiger partial charge on any atom is 0.233 e. The molecule has 0 atom stereocenters. The lowest BCUT2D eigenvalue weighted by atomic mass is 10.0. The number of rotatable bonds is 3. The van der Waals surface area contributed by atoms with E-state index < -0.39 is 11.6 Å². The van der Waals surface area contributed by atoms with Gasteiger partial charge in [0.15, 0.2) is 0 Å². The fraction of sp³-hybridized carbons (Fsp3) is 0. The van der Waals surface area contributed by atoms with Gasteiger partial charge in [-0.05, 0) is 40.8 Å². The molecule has 0 fully saturated rings. The molecule has 0 unspecified atom stereocenters. The van der Waals surface area contributed by atoms with Crippen molar-refractivity contribution < 1.29 is 9.59 Å². The molecule has 2 N–H and O–H groups in total. The van der Waals surface area contributed by atoms with E-state index in [0.717, 1.165) is 3.57 Å². The van der Waals surface area contributed by atoms with Gasteiger partial charge in [-0.25, -0.2) is 0 Å². The molecule has 0 bridgehead atoms. The van der Waals surface area contributed by atoms with E-state index in [0.29, 0.717) is 16.8 Å². The molecule has 3 nitrogen and oxygen atoms in total. The monoisotopic (exact) mass is 351 g/mol. The van der Waals surface area contributed by atoms with Gasteiger partial charge >= 0.3 is 0 Å². The lowest BCUT2D eigenvalue weighted by molar-refractivity contribution is 0.0817. The molecule has 0 amide bonds. The molecule has 90 valence electrons. The van der Waals surface area contributed by atoms with Crippen molar-refractivity contribution in [1.82, 2.24) is 0 Å². The van der Waals surface area contributed by atoms with Gasteiger partial charge in [0.1, 0.15) is 0 Å². The number of nitrogen functional groups attached to an aromatic ring is 1. The Hall–Kier alpha value is -1.69. The number of carbonyl (C=O) groups is 2. The summed E-state index contributed by atoms with van der Waals surface area (Å²) in [5.41, 5.74) is 7.03. The molecular weight excluding hydrogens is 341 g/mol. The summed E-state index contributed by atoms with van der Waals surface area (Å²) in [5, 5.41) is 0. The lowest BCUT2D eigenvalue weighted by Gasteiger charge is -2.03. The molecule has 0 spiro atoms. The number of hydrogen-bond acceptors (Lipinski definition) is 3. The van der Waals surface area contributed by atoms with Crippen LogP contribution in [0.15, 0.2) is 48.5 Å². The van der Waals surface area contributed by atoms with Crippen molar-refractivity contribution >= 4 is 39.8 Å². The first kappa shape index (κ1) is 12.8. The second-order valence-electron chi connectivity index (χ2n) is 3.76. The SMILES string of the molecule is Nc1ccc(C(=O)C(=O)c2ccccc2)cc1I. The zero-order chi connectivity index (χ0) is 13.1. The fourth-order valence-corrected chi connectivity index (χ4v) is 2.04. The van der Waals surface area contributed by atoms with E-state index in [-0.39, 0.29) is 0 Å². The first-order valence-electron chi connectivity index (χ1n) is 5.28. The van der Waals surface area contributed by atoms with Gasteiger partial charge in [-0.15, -0.1) is 0 Å². The average molecular weight is 351 g/mol. The van der Waals surface area contributed by atoms with Crippen LogP contribution in [-0.4, -0.2) is 11.6 Å². The van der Waals surface area contributed by atoms with E-state index in [1.165, 1.54) is 0 Å². The van der Waals surface area contributed by atoms with Crippen LogP contribution in [-0.2, 0) is 0 Å². The molecule has 2 aromatic rings. The van der Waals surface area contributed by atoms with Crippen LogP contribution in [0, 0.1) is 3.57 Å². The Morgan fingerprint density at radius 1 is 0.889 bits per heavy atom. The maximum atomic E-state index is 12.0. The van der Waals surface area contributed by atoms with E-state index in [4.69, 9.17) is 5.73 Å². The Bertz CT molecular complexity index is 608. The number of ketones is 2. The molecular formula is C14H10INO2. The predicted octanol–water partition coefficient (Wildman–Crippen LogP) is 2.94. The number of nitrogens with two attached hydrogens (primary N) is 1. The number of benzene rings is 2. The van der Waals surface area contributed by atoms with Crippen molar-refractivity contribution in [3.63, 3.8) is 0 Å². The number of halogens is 1. The van der Waals surface area contributed by atoms with E-state index in [1.807, 2.05) is 22.6 Å². The van der Waals surface area contributed by atoms with Crippen molar-refractivity contribution in [1.29, 1.82) is 0 Å². The van der Waals surface area contributed by atoms with Crippen molar-refractivity contribution in [3.8, 4) is 0 Å². The molecule has 0 aliphatic carbocycles. The summed E-state index contributed by atoms with van der Waals surface area (Å²) >= 11 is 2.03. The summed E-state index contributed by atoms with van der Waals surface area (Å²) in [6.45, 7) is 0. The molecule has 4 heteroatoms. The molecule has 2 aromatic carbocycles. The second-order valence-corrected chi connectivity index (χ2v) is 4.92. The predicted molar refractivity (Wildman–Crippen MR) is 78.7 cm³/mol. The molecule has 0 heterocycles. The summed E-state index contributed by atoms with van der Waals surface area (Å²) in [7, 11) is 0. The van der Waals surface area contributed by atoms with Gasteiger partial charge in [-0.3, -0.25) is 9.59 Å². The fourth-order valence-electron chi connectivity index (χ4n) is 1.52. The number of carbonyl (C=O) groups excluding carboxylic acids is 2. The van der Waals surface area contributed by atoms with Crippen LogP contribution in [0.2, 0.25) is 0 Å². The highest BCUT2D eigenvalue weighted by Crippen LogP contribution is 2.17. The zero-order valence-corrected chi connectivity index (χ0v) is 11.5. The van der Waals surface area contributed by atoms with Crippen LogP contribution < -0.4 is 5.73 Å². The summed E-state index contributed by atoms with van der Waals surface area (Å²) in [6.07, 6.45) is 0. The molecule has 0 saturated heterocycles. The Morgan fingerprint density at radius 2 is 1.50 bits per heavy atom. The third-order valence-corrected chi connectivity index (χ3v) is 3.44. The highest BCUT2D eigenvalue weighted by Gasteiger charge is 2.18. The Morgan fingerprint density at radius 3 is 2.11 bits per heavy atom. The third-order valence-electron chi connectivity index (χ3n) is 2.50. The Kier molecular flexibility index (Phi) is 3.76. The average Bonchev–Trinajstić information content (AvgIpc) is 2.41. The van der Waals surface area contributed by atoms with Crippen molar-refractivity contribution in [2.45, 2.75) is 0 Å².